The molecule has 2 aromatic rings. The third-order valence-electron chi connectivity index (χ3n) is 4.87. The molecule has 2 N–H and O–H groups in total. The summed E-state index contributed by atoms with van der Waals surface area (Å²) < 4.78 is 21.7. The Morgan fingerprint density at radius 3 is 2.27 bits per heavy atom. The molecule has 30 heavy (non-hydrogen) atoms. The minimum atomic E-state index is 0. The van der Waals surface area contributed by atoms with Gasteiger partial charge in [0.15, 0.2) is 23.2 Å². The number of aliphatic imine (C=N–C) groups is 1. The van der Waals surface area contributed by atoms with E-state index in [1.54, 1.807) is 28.4 Å². The van der Waals surface area contributed by atoms with Crippen LogP contribution in [-0.4, -0.2) is 39.5 Å². The van der Waals surface area contributed by atoms with E-state index < -0.39 is 0 Å². The molecule has 1 aromatic carbocycles. The molecule has 0 fully saturated rings. The fourth-order valence-corrected chi connectivity index (χ4v) is 3.18. The first-order chi connectivity index (χ1) is 14.1. The molecule has 0 unspecified atom stereocenters. The highest BCUT2D eigenvalue weighted by Crippen LogP contribution is 2.39. The lowest BCUT2D eigenvalue weighted by Gasteiger charge is -2.17. The van der Waals surface area contributed by atoms with Gasteiger partial charge in [0.25, 0.3) is 0 Å². The van der Waals surface area contributed by atoms with Crippen molar-refractivity contribution in [3.63, 3.8) is 0 Å². The highest BCUT2D eigenvalue weighted by atomic mass is 127. The summed E-state index contributed by atoms with van der Waals surface area (Å²) in [5, 5.41) is 10.7. The Balaban J connectivity index is 0.00000450. The number of hydrogen-bond acceptors (Lipinski definition) is 6. The Kier molecular flexibility index (Phi) is 11.4. The van der Waals surface area contributed by atoms with Crippen LogP contribution in [0, 0.1) is 0 Å². The predicted molar refractivity (Wildman–Crippen MR) is 128 cm³/mol. The average Bonchev–Trinajstić information content (AvgIpc) is 3.22. The van der Waals surface area contributed by atoms with Gasteiger partial charge in [0.05, 0.1) is 33.6 Å². The molecular weight excluding hydrogens is 499 g/mol. The maximum Gasteiger partial charge on any atom is 0.203 e. The van der Waals surface area contributed by atoms with Crippen molar-refractivity contribution in [1.29, 1.82) is 0 Å². The van der Waals surface area contributed by atoms with Gasteiger partial charge >= 0.3 is 0 Å². The number of aromatic nitrogens is 1. The lowest BCUT2D eigenvalue weighted by atomic mass is 9.99. The molecule has 1 aromatic heterocycles. The Hall–Kier alpha value is -2.17. The van der Waals surface area contributed by atoms with Gasteiger partial charge in [-0.05, 0) is 25.0 Å². The van der Waals surface area contributed by atoms with Crippen LogP contribution in [0.5, 0.6) is 17.2 Å². The highest BCUT2D eigenvalue weighted by molar-refractivity contribution is 14.0. The SMILES string of the molecule is CCC(CC)c1cc(CNC(=NC)NCc2ccc(OC)c(OC)c2OC)on1.I. The number of benzene rings is 1. The van der Waals surface area contributed by atoms with Crippen molar-refractivity contribution in [3.05, 3.63) is 35.2 Å². The number of nitrogens with zero attached hydrogens (tertiary/aromatic N) is 2. The van der Waals surface area contributed by atoms with E-state index in [2.05, 4.69) is 34.6 Å². The maximum atomic E-state index is 5.52. The number of guanidine groups is 1. The molecule has 9 heteroatoms. The molecule has 0 amide bonds. The van der Waals surface area contributed by atoms with Gasteiger partial charge < -0.3 is 29.4 Å². The van der Waals surface area contributed by atoms with Crippen LogP contribution >= 0.6 is 24.0 Å². The van der Waals surface area contributed by atoms with Crippen LogP contribution in [0.3, 0.4) is 0 Å². The average molecular weight is 532 g/mol. The summed E-state index contributed by atoms with van der Waals surface area (Å²) in [4.78, 5) is 4.26. The fraction of sp³-hybridized carbons (Fsp3) is 0.524. The summed E-state index contributed by atoms with van der Waals surface area (Å²) in [7, 11) is 6.51. The normalized spacial score (nSPS) is 11.1. The maximum absolute atomic E-state index is 5.52. The van der Waals surface area contributed by atoms with Crippen LogP contribution in [0.1, 0.15) is 49.6 Å². The highest BCUT2D eigenvalue weighted by Gasteiger charge is 2.16. The van der Waals surface area contributed by atoms with Gasteiger partial charge in [0, 0.05) is 31.1 Å². The van der Waals surface area contributed by atoms with E-state index in [0.29, 0.717) is 42.2 Å². The summed E-state index contributed by atoms with van der Waals surface area (Å²) >= 11 is 0. The lowest BCUT2D eigenvalue weighted by Crippen LogP contribution is -2.36. The third kappa shape index (κ3) is 6.41. The van der Waals surface area contributed by atoms with Crippen molar-refractivity contribution in [1.82, 2.24) is 15.8 Å². The molecule has 0 bridgehead atoms. The van der Waals surface area contributed by atoms with E-state index in [1.807, 2.05) is 18.2 Å². The standard InChI is InChI=1S/C21H32N4O4.HI/c1-7-14(8-2)17-11-16(29-25-17)13-24-21(22-3)23-12-15-9-10-18(26-4)20(28-6)19(15)27-5;/h9-11,14H,7-8,12-13H2,1-6H3,(H2,22,23,24);1H. The number of rotatable bonds is 10. The van der Waals surface area contributed by atoms with Crippen LogP contribution in [0.4, 0.5) is 0 Å². The van der Waals surface area contributed by atoms with Crippen molar-refractivity contribution in [3.8, 4) is 17.2 Å². The number of nitrogens with one attached hydrogen (secondary N) is 2. The van der Waals surface area contributed by atoms with Crippen LogP contribution in [0.2, 0.25) is 0 Å². The van der Waals surface area contributed by atoms with Crippen molar-refractivity contribution >= 4 is 29.9 Å². The smallest absolute Gasteiger partial charge is 0.203 e. The second kappa shape index (κ2) is 13.2. The molecule has 1 heterocycles. The molecule has 0 saturated heterocycles. The van der Waals surface area contributed by atoms with Crippen molar-refractivity contribution in [2.24, 2.45) is 4.99 Å². The van der Waals surface area contributed by atoms with Gasteiger partial charge in [-0.15, -0.1) is 24.0 Å². The molecule has 168 valence electrons. The van der Waals surface area contributed by atoms with Gasteiger partial charge in [-0.3, -0.25) is 4.99 Å². The van der Waals surface area contributed by atoms with E-state index in [9.17, 15) is 0 Å². The first-order valence-electron chi connectivity index (χ1n) is 9.79. The number of methoxy groups -OCH3 is 3. The van der Waals surface area contributed by atoms with Gasteiger partial charge in [0.1, 0.15) is 0 Å². The molecule has 0 aliphatic rings. The zero-order chi connectivity index (χ0) is 21.2. The first kappa shape index (κ1) is 25.9. The minimum Gasteiger partial charge on any atom is -0.493 e. The molecule has 0 atom stereocenters. The van der Waals surface area contributed by atoms with Crippen LogP contribution < -0.4 is 24.8 Å². The van der Waals surface area contributed by atoms with E-state index in [4.69, 9.17) is 18.7 Å². The van der Waals surface area contributed by atoms with E-state index >= 15 is 0 Å². The first-order valence-corrected chi connectivity index (χ1v) is 9.79. The Morgan fingerprint density at radius 2 is 1.70 bits per heavy atom. The summed E-state index contributed by atoms with van der Waals surface area (Å²) in [6.45, 7) is 5.32. The number of hydrogen-bond donors (Lipinski definition) is 2. The summed E-state index contributed by atoms with van der Waals surface area (Å²) in [5.41, 5.74) is 1.92. The number of halogens is 1. The van der Waals surface area contributed by atoms with E-state index in [1.165, 1.54) is 0 Å². The van der Waals surface area contributed by atoms with Crippen LogP contribution in [0.15, 0.2) is 27.7 Å². The molecule has 0 radical (unpaired) electrons. The van der Waals surface area contributed by atoms with Gasteiger partial charge in [-0.25, -0.2) is 0 Å². The van der Waals surface area contributed by atoms with Crippen molar-refractivity contribution < 1.29 is 18.7 Å². The molecule has 0 spiro atoms. The van der Waals surface area contributed by atoms with Crippen LogP contribution in [0.25, 0.3) is 0 Å². The monoisotopic (exact) mass is 532 g/mol. The van der Waals surface area contributed by atoms with Gasteiger partial charge in [-0.1, -0.05) is 19.0 Å². The van der Waals surface area contributed by atoms with Crippen LogP contribution in [-0.2, 0) is 13.1 Å². The molecule has 0 saturated carbocycles. The molecular formula is C21H33IN4O4. The molecule has 0 aliphatic carbocycles. The lowest BCUT2D eigenvalue weighted by molar-refractivity contribution is 0.322. The molecule has 8 nitrogen and oxygen atoms in total. The Labute approximate surface area is 195 Å². The topological polar surface area (TPSA) is 90.1 Å². The van der Waals surface area contributed by atoms with Crippen molar-refractivity contribution in [2.75, 3.05) is 28.4 Å². The fourth-order valence-electron chi connectivity index (χ4n) is 3.18. The van der Waals surface area contributed by atoms with Gasteiger partial charge in [-0.2, -0.15) is 0 Å². The van der Waals surface area contributed by atoms with Gasteiger partial charge in [0.2, 0.25) is 5.75 Å². The second-order valence-corrected chi connectivity index (χ2v) is 6.50. The zero-order valence-electron chi connectivity index (χ0n) is 18.6. The third-order valence-corrected chi connectivity index (χ3v) is 4.87. The minimum absolute atomic E-state index is 0. The summed E-state index contributed by atoms with van der Waals surface area (Å²) in [6.07, 6.45) is 2.10. The number of ether oxygens (including phenoxy) is 3. The summed E-state index contributed by atoms with van der Waals surface area (Å²) in [6, 6.07) is 5.79. The largest absolute Gasteiger partial charge is 0.493 e. The van der Waals surface area contributed by atoms with E-state index in [0.717, 1.165) is 29.9 Å². The Morgan fingerprint density at radius 1 is 1.03 bits per heavy atom. The van der Waals surface area contributed by atoms with Crippen molar-refractivity contribution in [2.45, 2.75) is 45.7 Å². The molecule has 0 aliphatic heterocycles. The zero-order valence-corrected chi connectivity index (χ0v) is 20.9. The predicted octanol–water partition coefficient (Wildman–Crippen LogP) is 4.09. The second-order valence-electron chi connectivity index (χ2n) is 6.50. The molecule has 2 rings (SSSR count). The Bertz CT molecular complexity index is 806. The van der Waals surface area contributed by atoms with E-state index in [-0.39, 0.29) is 24.0 Å². The summed E-state index contributed by atoms with van der Waals surface area (Å²) in [5.74, 6) is 3.66. The quantitative estimate of drug-likeness (QED) is 0.271.